The minimum Gasteiger partial charge on any atom is -0.482 e. The maximum absolute atomic E-state index is 12.5. The number of nitrogens with zero attached hydrogens (tertiary/aromatic N) is 1. The molecule has 3 rings (SSSR count). The molecule has 0 heterocycles. The van der Waals surface area contributed by atoms with Crippen LogP contribution in [0.15, 0.2) is 60.7 Å². The Kier molecular flexibility index (Phi) is 7.57. The Balaban J connectivity index is 1.59. The fourth-order valence-electron chi connectivity index (χ4n) is 3.07. The third-order valence-corrected chi connectivity index (χ3v) is 5.03. The van der Waals surface area contributed by atoms with Crippen molar-refractivity contribution in [2.24, 2.45) is 0 Å². The molecule has 0 saturated carbocycles. The van der Waals surface area contributed by atoms with Crippen LogP contribution < -0.4 is 20.9 Å². The van der Waals surface area contributed by atoms with Gasteiger partial charge in [0.25, 0.3) is 5.91 Å². The van der Waals surface area contributed by atoms with Gasteiger partial charge in [-0.3, -0.25) is 25.8 Å². The van der Waals surface area contributed by atoms with Crippen LogP contribution in [0.25, 0.3) is 0 Å². The molecule has 0 aromatic heterocycles. The molecule has 3 aromatic rings. The van der Waals surface area contributed by atoms with E-state index in [0.717, 1.165) is 22.4 Å². The highest BCUT2D eigenvalue weighted by Gasteiger charge is 2.15. The molecule has 0 bridgehead atoms. The normalized spacial score (nSPS) is 10.3. The van der Waals surface area contributed by atoms with E-state index in [-0.39, 0.29) is 29.1 Å². The first-order chi connectivity index (χ1) is 15.7. The van der Waals surface area contributed by atoms with Gasteiger partial charge < -0.3 is 10.1 Å². The Morgan fingerprint density at radius 3 is 2.48 bits per heavy atom. The second-order valence-electron chi connectivity index (χ2n) is 7.57. The molecule has 0 aliphatic rings. The zero-order valence-electron chi connectivity index (χ0n) is 18.5. The number of anilines is 1. The van der Waals surface area contributed by atoms with E-state index in [4.69, 9.17) is 17.0 Å². The monoisotopic (exact) mass is 464 g/mol. The summed E-state index contributed by atoms with van der Waals surface area (Å²) in [5.41, 5.74) is 9.96. The Hall–Kier alpha value is -3.98. The van der Waals surface area contributed by atoms with E-state index >= 15 is 0 Å². The predicted octanol–water partition coefficient (Wildman–Crippen LogP) is 4.73. The molecule has 33 heavy (non-hydrogen) atoms. The first-order valence-electron chi connectivity index (χ1n) is 10.1. The first kappa shape index (κ1) is 23.7. The Morgan fingerprint density at radius 2 is 1.73 bits per heavy atom. The Morgan fingerprint density at radius 1 is 1.00 bits per heavy atom. The number of ether oxygens (including phenoxy) is 1. The third-order valence-electron chi connectivity index (χ3n) is 4.83. The summed E-state index contributed by atoms with van der Waals surface area (Å²) < 4.78 is 5.64. The molecule has 3 N–H and O–H groups in total. The second-order valence-corrected chi connectivity index (χ2v) is 7.98. The van der Waals surface area contributed by atoms with Crippen LogP contribution in [0.5, 0.6) is 5.75 Å². The molecule has 0 aliphatic carbocycles. The van der Waals surface area contributed by atoms with Crippen molar-refractivity contribution in [2.45, 2.75) is 27.4 Å². The van der Waals surface area contributed by atoms with Crippen LogP contribution in [0.2, 0.25) is 0 Å². The molecule has 0 aliphatic heterocycles. The maximum Gasteiger partial charge on any atom is 0.311 e. The average Bonchev–Trinajstić information content (AvgIpc) is 2.79. The maximum atomic E-state index is 12.5. The van der Waals surface area contributed by atoms with Crippen molar-refractivity contribution in [1.29, 1.82) is 0 Å². The second kappa shape index (κ2) is 10.6. The molecule has 3 aromatic carbocycles. The van der Waals surface area contributed by atoms with Gasteiger partial charge >= 0.3 is 5.69 Å². The van der Waals surface area contributed by atoms with Gasteiger partial charge in [-0.05, 0) is 79.5 Å². The SMILES string of the molecule is Cc1ccc(C)c(NC(=S)NNC(=O)c2cccc(COc3ccc(C)cc3[N+](=O)[O-])c2)c1. The van der Waals surface area contributed by atoms with E-state index in [2.05, 4.69) is 16.2 Å². The van der Waals surface area contributed by atoms with Crippen LogP contribution in [0, 0.1) is 30.9 Å². The van der Waals surface area contributed by atoms with Gasteiger partial charge in [-0.25, -0.2) is 0 Å². The number of thiocarbonyl (C=S) groups is 1. The summed E-state index contributed by atoms with van der Waals surface area (Å²) in [6, 6.07) is 17.5. The Bertz CT molecular complexity index is 1210. The van der Waals surface area contributed by atoms with Crippen molar-refractivity contribution < 1.29 is 14.5 Å². The number of hydrazine groups is 1. The van der Waals surface area contributed by atoms with Crippen LogP contribution in [0.1, 0.15) is 32.6 Å². The highest BCUT2D eigenvalue weighted by Crippen LogP contribution is 2.28. The van der Waals surface area contributed by atoms with Crippen molar-refractivity contribution in [2.75, 3.05) is 5.32 Å². The molecule has 0 fully saturated rings. The summed E-state index contributed by atoms with van der Waals surface area (Å²) in [5.74, 6) is -0.215. The number of nitrogens with one attached hydrogen (secondary N) is 3. The number of nitro groups is 1. The lowest BCUT2D eigenvalue weighted by molar-refractivity contribution is -0.386. The summed E-state index contributed by atoms with van der Waals surface area (Å²) in [4.78, 5) is 23.3. The molecule has 8 nitrogen and oxygen atoms in total. The zero-order valence-corrected chi connectivity index (χ0v) is 19.3. The molecule has 0 spiro atoms. The summed E-state index contributed by atoms with van der Waals surface area (Å²) >= 11 is 5.26. The van der Waals surface area contributed by atoms with Crippen LogP contribution in [0.4, 0.5) is 11.4 Å². The first-order valence-corrected chi connectivity index (χ1v) is 10.5. The van der Waals surface area contributed by atoms with Gasteiger partial charge in [0, 0.05) is 17.3 Å². The molecule has 170 valence electrons. The number of benzene rings is 3. The van der Waals surface area contributed by atoms with Gasteiger partial charge in [-0.15, -0.1) is 0 Å². The lowest BCUT2D eigenvalue weighted by atomic mass is 10.1. The number of carbonyl (C=O) groups is 1. The molecule has 0 saturated heterocycles. The van der Waals surface area contributed by atoms with Gasteiger partial charge in [-0.2, -0.15) is 0 Å². The van der Waals surface area contributed by atoms with E-state index in [1.54, 1.807) is 43.3 Å². The molecular formula is C24H24N4O4S. The van der Waals surface area contributed by atoms with Gasteiger partial charge in [0.15, 0.2) is 10.9 Å². The number of rotatable bonds is 6. The predicted molar refractivity (Wildman–Crippen MR) is 131 cm³/mol. The lowest BCUT2D eigenvalue weighted by Gasteiger charge is -2.14. The van der Waals surface area contributed by atoms with E-state index in [9.17, 15) is 14.9 Å². The molecule has 1 amide bonds. The number of hydrogen-bond acceptors (Lipinski definition) is 5. The third kappa shape index (κ3) is 6.50. The van der Waals surface area contributed by atoms with Crippen LogP contribution in [-0.4, -0.2) is 15.9 Å². The van der Waals surface area contributed by atoms with Crippen molar-refractivity contribution >= 4 is 34.6 Å². The zero-order chi connectivity index (χ0) is 24.0. The molecule has 0 unspecified atom stereocenters. The van der Waals surface area contributed by atoms with Gasteiger partial charge in [0.2, 0.25) is 0 Å². The standard InChI is InChI=1S/C24H24N4O4S/c1-15-7-9-17(3)20(11-15)25-24(33)27-26-23(29)19-6-4-5-18(13-19)14-32-22-10-8-16(2)12-21(22)28(30)31/h4-13H,14H2,1-3H3,(H,26,29)(H2,25,27,33). The minimum atomic E-state index is -0.479. The highest BCUT2D eigenvalue weighted by atomic mass is 32.1. The summed E-state index contributed by atoms with van der Waals surface area (Å²) in [7, 11) is 0. The fourth-order valence-corrected chi connectivity index (χ4v) is 3.23. The van der Waals surface area contributed by atoms with E-state index in [1.807, 2.05) is 32.0 Å². The highest BCUT2D eigenvalue weighted by molar-refractivity contribution is 7.80. The quantitative estimate of drug-likeness (QED) is 0.275. The number of carbonyl (C=O) groups excluding carboxylic acids is 1. The van der Waals surface area contributed by atoms with Crippen molar-refractivity contribution in [3.63, 3.8) is 0 Å². The fraction of sp³-hybridized carbons (Fsp3) is 0.167. The topological polar surface area (TPSA) is 106 Å². The molecule has 9 heteroatoms. The summed E-state index contributed by atoms with van der Waals surface area (Å²) in [5, 5.41) is 14.6. The summed E-state index contributed by atoms with van der Waals surface area (Å²) in [6.45, 7) is 5.79. The lowest BCUT2D eigenvalue weighted by Crippen LogP contribution is -2.43. The van der Waals surface area contributed by atoms with Crippen LogP contribution in [-0.2, 0) is 6.61 Å². The molecule has 0 atom stereocenters. The van der Waals surface area contributed by atoms with E-state index in [0.29, 0.717) is 11.1 Å². The van der Waals surface area contributed by atoms with E-state index < -0.39 is 4.92 Å². The van der Waals surface area contributed by atoms with Crippen molar-refractivity contribution in [1.82, 2.24) is 10.9 Å². The number of aryl methyl sites for hydroxylation is 3. The van der Waals surface area contributed by atoms with E-state index in [1.165, 1.54) is 6.07 Å². The minimum absolute atomic E-state index is 0.0745. The van der Waals surface area contributed by atoms with Crippen LogP contribution in [0.3, 0.4) is 0 Å². The van der Waals surface area contributed by atoms with Crippen molar-refractivity contribution in [3.05, 3.63) is 98.6 Å². The van der Waals surface area contributed by atoms with Gasteiger partial charge in [-0.1, -0.05) is 30.3 Å². The Labute approximate surface area is 197 Å². The number of nitro benzene ring substituents is 1. The van der Waals surface area contributed by atoms with Gasteiger partial charge in [0.1, 0.15) is 6.61 Å². The van der Waals surface area contributed by atoms with Gasteiger partial charge in [0.05, 0.1) is 4.92 Å². The van der Waals surface area contributed by atoms with Crippen molar-refractivity contribution in [3.8, 4) is 5.75 Å². The molecular weight excluding hydrogens is 440 g/mol. The molecule has 0 radical (unpaired) electrons. The number of amides is 1. The average molecular weight is 465 g/mol. The largest absolute Gasteiger partial charge is 0.482 e. The summed E-state index contributed by atoms with van der Waals surface area (Å²) in [6.07, 6.45) is 0. The smallest absolute Gasteiger partial charge is 0.311 e. The van der Waals surface area contributed by atoms with Crippen LogP contribution >= 0.6 is 12.2 Å². The number of hydrogen-bond donors (Lipinski definition) is 3.